The Labute approximate surface area is 106 Å². The molecule has 2 rings (SSSR count). The normalized spacial score (nSPS) is 10.8. The summed E-state index contributed by atoms with van der Waals surface area (Å²) in [5, 5.41) is 3.89. The third-order valence-corrected chi connectivity index (χ3v) is 2.76. The van der Waals surface area contributed by atoms with Crippen LogP contribution in [0.25, 0.3) is 0 Å². The predicted octanol–water partition coefficient (Wildman–Crippen LogP) is 2.40. The molecule has 18 heavy (non-hydrogen) atoms. The van der Waals surface area contributed by atoms with E-state index in [4.69, 9.17) is 0 Å². The van der Waals surface area contributed by atoms with E-state index in [9.17, 15) is 4.79 Å². The van der Waals surface area contributed by atoms with Crippen LogP contribution in [-0.2, 0) is 0 Å². The number of carbonyl (C=O) groups excluding carboxylic acids is 1. The number of amides is 1. The monoisotopic (exact) mass is 241 g/mol. The van der Waals surface area contributed by atoms with Crippen molar-refractivity contribution in [1.29, 1.82) is 0 Å². The molecule has 1 aromatic heterocycles. The van der Waals surface area contributed by atoms with Gasteiger partial charge in [-0.2, -0.15) is 5.10 Å². The first-order valence-electron chi connectivity index (χ1n) is 5.71. The van der Waals surface area contributed by atoms with Crippen LogP contribution in [0.2, 0.25) is 0 Å². The molecule has 0 aliphatic rings. The second-order valence-corrected chi connectivity index (χ2v) is 4.12. The van der Waals surface area contributed by atoms with Crippen molar-refractivity contribution in [2.24, 2.45) is 5.10 Å². The lowest BCUT2D eigenvalue weighted by Gasteiger charge is -2.03. The lowest BCUT2D eigenvalue weighted by Crippen LogP contribution is -2.17. The number of carbonyl (C=O) groups is 1. The second-order valence-electron chi connectivity index (χ2n) is 4.12. The number of nitrogens with one attached hydrogen (secondary N) is 2. The topological polar surface area (TPSA) is 57.2 Å². The Morgan fingerprint density at radius 3 is 2.78 bits per heavy atom. The number of hydrazone groups is 1. The number of benzene rings is 1. The van der Waals surface area contributed by atoms with Gasteiger partial charge in [0, 0.05) is 11.8 Å². The zero-order valence-corrected chi connectivity index (χ0v) is 10.4. The summed E-state index contributed by atoms with van der Waals surface area (Å²) in [6, 6.07) is 9.31. The fourth-order valence-corrected chi connectivity index (χ4v) is 1.53. The zero-order chi connectivity index (χ0) is 13.0. The number of hydrogen-bond donors (Lipinski definition) is 2. The molecule has 0 bridgehead atoms. The van der Waals surface area contributed by atoms with Gasteiger partial charge in [-0.15, -0.1) is 0 Å². The van der Waals surface area contributed by atoms with E-state index in [2.05, 4.69) is 15.5 Å². The number of aryl methyl sites for hydroxylation is 2. The molecule has 4 heteroatoms. The summed E-state index contributed by atoms with van der Waals surface area (Å²) in [6.45, 7) is 3.99. The summed E-state index contributed by atoms with van der Waals surface area (Å²) in [7, 11) is 0. The highest BCUT2D eigenvalue weighted by Gasteiger charge is 2.04. The van der Waals surface area contributed by atoms with Gasteiger partial charge in [0.1, 0.15) is 0 Å². The predicted molar refractivity (Wildman–Crippen MR) is 71.8 cm³/mol. The minimum atomic E-state index is -0.207. The highest BCUT2D eigenvalue weighted by atomic mass is 16.2. The van der Waals surface area contributed by atoms with Crippen LogP contribution in [0.3, 0.4) is 0 Å². The summed E-state index contributed by atoms with van der Waals surface area (Å²) < 4.78 is 0. The number of rotatable bonds is 3. The molecule has 2 aromatic rings. The van der Waals surface area contributed by atoms with Crippen LogP contribution in [0.1, 0.15) is 27.2 Å². The average molecular weight is 241 g/mol. The maximum atomic E-state index is 11.8. The fourth-order valence-electron chi connectivity index (χ4n) is 1.53. The van der Waals surface area contributed by atoms with E-state index in [0.29, 0.717) is 5.56 Å². The number of aromatic amines is 1. The van der Waals surface area contributed by atoms with Gasteiger partial charge in [0.25, 0.3) is 5.91 Å². The van der Waals surface area contributed by atoms with Crippen molar-refractivity contribution in [1.82, 2.24) is 10.4 Å². The Bertz CT molecular complexity index is 571. The van der Waals surface area contributed by atoms with Crippen LogP contribution in [0, 0.1) is 13.8 Å². The molecule has 1 amide bonds. The Morgan fingerprint density at radius 2 is 2.11 bits per heavy atom. The molecule has 4 nitrogen and oxygen atoms in total. The van der Waals surface area contributed by atoms with Gasteiger partial charge in [-0.3, -0.25) is 4.79 Å². The maximum Gasteiger partial charge on any atom is 0.271 e. The minimum absolute atomic E-state index is 0.207. The second kappa shape index (κ2) is 5.31. The summed E-state index contributed by atoms with van der Waals surface area (Å²) >= 11 is 0. The number of nitrogens with zero attached hydrogens (tertiary/aromatic N) is 1. The summed E-state index contributed by atoms with van der Waals surface area (Å²) in [6.07, 6.45) is 3.37. The van der Waals surface area contributed by atoms with Gasteiger partial charge >= 0.3 is 0 Å². The third-order valence-electron chi connectivity index (χ3n) is 2.76. The molecule has 0 spiro atoms. The molecule has 0 aliphatic carbocycles. The highest BCUT2D eigenvalue weighted by Crippen LogP contribution is 2.09. The van der Waals surface area contributed by atoms with Crippen molar-refractivity contribution in [2.75, 3.05) is 0 Å². The molecule has 0 saturated heterocycles. The Kier molecular flexibility index (Phi) is 3.57. The standard InChI is InChI=1S/C14H15N3O/c1-10-5-6-12(8-11(10)2)14(18)17-16-9-13-4-3-7-15-13/h3-9,15H,1-2H3,(H,17,18). The van der Waals surface area contributed by atoms with Crippen LogP contribution in [0.15, 0.2) is 41.6 Å². The Balaban J connectivity index is 2.01. The molecular weight excluding hydrogens is 226 g/mol. The maximum absolute atomic E-state index is 11.8. The van der Waals surface area contributed by atoms with Crippen molar-refractivity contribution in [2.45, 2.75) is 13.8 Å². The first-order valence-corrected chi connectivity index (χ1v) is 5.71. The van der Waals surface area contributed by atoms with E-state index in [1.807, 2.05) is 38.1 Å². The van der Waals surface area contributed by atoms with E-state index in [0.717, 1.165) is 11.3 Å². The minimum Gasteiger partial charge on any atom is -0.360 e. The van der Waals surface area contributed by atoms with Crippen LogP contribution >= 0.6 is 0 Å². The van der Waals surface area contributed by atoms with Crippen molar-refractivity contribution < 1.29 is 4.79 Å². The van der Waals surface area contributed by atoms with E-state index < -0.39 is 0 Å². The third kappa shape index (κ3) is 2.85. The summed E-state index contributed by atoms with van der Waals surface area (Å²) in [5.74, 6) is -0.207. The molecule has 0 aliphatic heterocycles. The van der Waals surface area contributed by atoms with Gasteiger partial charge in [-0.05, 0) is 49.2 Å². The first-order chi connectivity index (χ1) is 8.66. The van der Waals surface area contributed by atoms with E-state index in [1.165, 1.54) is 5.56 Å². The van der Waals surface area contributed by atoms with E-state index >= 15 is 0 Å². The van der Waals surface area contributed by atoms with Crippen molar-refractivity contribution >= 4 is 12.1 Å². The molecule has 0 atom stereocenters. The Hall–Kier alpha value is -2.36. The molecule has 0 saturated carbocycles. The average Bonchev–Trinajstić information content (AvgIpc) is 2.85. The summed E-state index contributed by atoms with van der Waals surface area (Å²) in [5.41, 5.74) is 6.21. The fraction of sp³-hybridized carbons (Fsp3) is 0.143. The van der Waals surface area contributed by atoms with Gasteiger partial charge in [0.2, 0.25) is 0 Å². The lowest BCUT2D eigenvalue weighted by atomic mass is 10.1. The molecule has 1 aromatic carbocycles. The van der Waals surface area contributed by atoms with Crippen molar-refractivity contribution in [3.63, 3.8) is 0 Å². The molecule has 92 valence electrons. The van der Waals surface area contributed by atoms with E-state index in [1.54, 1.807) is 18.5 Å². The van der Waals surface area contributed by atoms with Crippen LogP contribution in [0.4, 0.5) is 0 Å². The Morgan fingerprint density at radius 1 is 1.28 bits per heavy atom. The quantitative estimate of drug-likeness (QED) is 0.629. The van der Waals surface area contributed by atoms with E-state index in [-0.39, 0.29) is 5.91 Å². The van der Waals surface area contributed by atoms with Crippen LogP contribution in [-0.4, -0.2) is 17.1 Å². The smallest absolute Gasteiger partial charge is 0.271 e. The van der Waals surface area contributed by atoms with Crippen molar-refractivity contribution in [3.8, 4) is 0 Å². The SMILES string of the molecule is Cc1ccc(C(=O)NN=Cc2ccc[nH]2)cc1C. The number of aromatic nitrogens is 1. The number of hydrogen-bond acceptors (Lipinski definition) is 2. The molecular formula is C14H15N3O. The highest BCUT2D eigenvalue weighted by molar-refractivity contribution is 5.95. The zero-order valence-electron chi connectivity index (χ0n) is 10.4. The molecule has 0 radical (unpaired) electrons. The van der Waals surface area contributed by atoms with Crippen LogP contribution < -0.4 is 5.43 Å². The van der Waals surface area contributed by atoms with Gasteiger partial charge in [-0.1, -0.05) is 6.07 Å². The van der Waals surface area contributed by atoms with Gasteiger partial charge in [-0.25, -0.2) is 5.43 Å². The van der Waals surface area contributed by atoms with Gasteiger partial charge < -0.3 is 4.98 Å². The first kappa shape index (κ1) is 12.1. The molecule has 0 fully saturated rings. The van der Waals surface area contributed by atoms with Gasteiger partial charge in [0.15, 0.2) is 0 Å². The molecule has 2 N–H and O–H groups in total. The van der Waals surface area contributed by atoms with Gasteiger partial charge in [0.05, 0.1) is 11.9 Å². The number of H-pyrrole nitrogens is 1. The molecule has 1 heterocycles. The molecule has 0 unspecified atom stereocenters. The largest absolute Gasteiger partial charge is 0.360 e. The van der Waals surface area contributed by atoms with Crippen molar-refractivity contribution in [3.05, 3.63) is 58.9 Å². The summed E-state index contributed by atoms with van der Waals surface area (Å²) in [4.78, 5) is 14.8. The lowest BCUT2D eigenvalue weighted by molar-refractivity contribution is 0.0955. The van der Waals surface area contributed by atoms with Crippen LogP contribution in [0.5, 0.6) is 0 Å².